The molecule has 0 spiro atoms. The predicted octanol–water partition coefficient (Wildman–Crippen LogP) is 1.74. The molecule has 7 heteroatoms. The fourth-order valence-corrected chi connectivity index (χ4v) is 2.83. The molecule has 1 N–H and O–H groups in total. The molecule has 21 heavy (non-hydrogen) atoms. The smallest absolute Gasteiger partial charge is 0.333 e. The summed E-state index contributed by atoms with van der Waals surface area (Å²) in [6, 6.07) is 0.975. The van der Waals surface area contributed by atoms with Crippen LogP contribution in [0.15, 0.2) is 16.8 Å². The van der Waals surface area contributed by atoms with Crippen molar-refractivity contribution in [3.05, 3.63) is 39.3 Å². The van der Waals surface area contributed by atoms with Crippen LogP contribution >= 0.6 is 11.3 Å². The van der Waals surface area contributed by atoms with E-state index in [1.165, 1.54) is 18.4 Å². The van der Waals surface area contributed by atoms with Gasteiger partial charge in [-0.1, -0.05) is 0 Å². The zero-order chi connectivity index (χ0) is 15.6. The van der Waals surface area contributed by atoms with Gasteiger partial charge in [0.2, 0.25) is 0 Å². The van der Waals surface area contributed by atoms with Gasteiger partial charge in [0.25, 0.3) is 5.91 Å². The van der Waals surface area contributed by atoms with Crippen molar-refractivity contribution in [2.75, 3.05) is 7.11 Å². The van der Waals surface area contributed by atoms with Crippen LogP contribution in [0.25, 0.3) is 0 Å². The molecule has 0 saturated carbocycles. The summed E-state index contributed by atoms with van der Waals surface area (Å²) in [5.74, 6) is -0.833. The summed E-state index contributed by atoms with van der Waals surface area (Å²) in [5.41, 5.74) is 2.57. The van der Waals surface area contributed by atoms with Crippen LogP contribution in [0.1, 0.15) is 33.4 Å². The number of thiophene rings is 1. The summed E-state index contributed by atoms with van der Waals surface area (Å²) in [4.78, 5) is 24.4. The van der Waals surface area contributed by atoms with Crippen molar-refractivity contribution in [3.63, 3.8) is 0 Å². The van der Waals surface area contributed by atoms with Crippen molar-refractivity contribution in [2.24, 2.45) is 7.05 Å². The summed E-state index contributed by atoms with van der Waals surface area (Å²) >= 11 is 1.45. The number of aromatic nitrogens is 2. The van der Waals surface area contributed by atoms with Gasteiger partial charge in [-0.05, 0) is 36.2 Å². The van der Waals surface area contributed by atoms with Gasteiger partial charge in [-0.15, -0.1) is 0 Å². The first-order valence-electron chi connectivity index (χ1n) is 6.36. The quantitative estimate of drug-likeness (QED) is 0.873. The number of aryl methyl sites for hydroxylation is 2. The van der Waals surface area contributed by atoms with Crippen molar-refractivity contribution in [2.45, 2.75) is 19.9 Å². The average Bonchev–Trinajstić information content (AvgIpc) is 3.05. The number of carbonyl (C=O) groups is 2. The third-order valence-electron chi connectivity index (χ3n) is 3.32. The Morgan fingerprint density at radius 1 is 1.43 bits per heavy atom. The number of methoxy groups -OCH3 is 1. The van der Waals surface area contributed by atoms with Crippen molar-refractivity contribution in [1.82, 2.24) is 15.1 Å². The first kappa shape index (κ1) is 15.2. The highest BCUT2D eigenvalue weighted by molar-refractivity contribution is 7.08. The number of hydrogen-bond acceptors (Lipinski definition) is 5. The van der Waals surface area contributed by atoms with E-state index in [1.807, 2.05) is 17.7 Å². The van der Waals surface area contributed by atoms with E-state index >= 15 is 0 Å². The summed E-state index contributed by atoms with van der Waals surface area (Å²) in [6.07, 6.45) is 0. The first-order valence-corrected chi connectivity index (χ1v) is 7.31. The monoisotopic (exact) mass is 307 g/mol. The van der Waals surface area contributed by atoms with Crippen LogP contribution < -0.4 is 5.32 Å². The van der Waals surface area contributed by atoms with Gasteiger partial charge in [-0.2, -0.15) is 16.4 Å². The minimum absolute atomic E-state index is 0.334. The minimum Gasteiger partial charge on any atom is -0.467 e. The zero-order valence-electron chi connectivity index (χ0n) is 12.3. The second-order valence-electron chi connectivity index (χ2n) is 4.66. The van der Waals surface area contributed by atoms with Crippen molar-refractivity contribution in [3.8, 4) is 0 Å². The van der Waals surface area contributed by atoms with Crippen LogP contribution in [-0.2, 0) is 16.6 Å². The predicted molar refractivity (Wildman–Crippen MR) is 79.2 cm³/mol. The molecule has 1 amide bonds. The van der Waals surface area contributed by atoms with Gasteiger partial charge in [0.15, 0.2) is 6.04 Å². The highest BCUT2D eigenvalue weighted by atomic mass is 32.1. The molecular weight excluding hydrogens is 290 g/mol. The summed E-state index contributed by atoms with van der Waals surface area (Å²) in [6.45, 7) is 3.58. The maximum Gasteiger partial charge on any atom is 0.333 e. The lowest BCUT2D eigenvalue weighted by atomic mass is 10.1. The molecule has 1 atom stereocenters. The van der Waals surface area contributed by atoms with Gasteiger partial charge in [0.05, 0.1) is 18.4 Å². The molecule has 0 bridgehead atoms. The second kappa shape index (κ2) is 6.09. The molecule has 0 aliphatic rings. The maximum atomic E-state index is 12.5. The van der Waals surface area contributed by atoms with Crippen LogP contribution in [-0.4, -0.2) is 28.8 Å². The van der Waals surface area contributed by atoms with Crippen molar-refractivity contribution in [1.29, 1.82) is 0 Å². The highest BCUT2D eigenvalue weighted by Gasteiger charge is 2.27. The number of nitrogens with one attached hydrogen (secondary N) is 1. The number of carbonyl (C=O) groups excluding carboxylic acids is 2. The van der Waals surface area contributed by atoms with E-state index in [0.717, 1.165) is 5.69 Å². The number of ether oxygens (including phenoxy) is 1. The molecule has 2 rings (SSSR count). The van der Waals surface area contributed by atoms with Crippen molar-refractivity contribution < 1.29 is 14.3 Å². The van der Waals surface area contributed by atoms with Crippen LogP contribution in [0.2, 0.25) is 0 Å². The van der Waals surface area contributed by atoms with Gasteiger partial charge >= 0.3 is 5.97 Å². The second-order valence-corrected chi connectivity index (χ2v) is 5.44. The summed E-state index contributed by atoms with van der Waals surface area (Å²) in [7, 11) is 3.07. The molecule has 0 aliphatic heterocycles. The Hall–Kier alpha value is -2.15. The molecular formula is C14H17N3O3S. The van der Waals surface area contributed by atoms with Crippen LogP contribution in [0.4, 0.5) is 0 Å². The van der Waals surface area contributed by atoms with Gasteiger partial charge in [0.1, 0.15) is 0 Å². The van der Waals surface area contributed by atoms with Crippen LogP contribution in [0.5, 0.6) is 0 Å². The summed E-state index contributed by atoms with van der Waals surface area (Å²) < 4.78 is 6.41. The Morgan fingerprint density at radius 2 is 2.14 bits per heavy atom. The third-order valence-corrected chi connectivity index (χ3v) is 4.03. The number of nitrogens with zero attached hydrogens (tertiary/aromatic N) is 2. The van der Waals surface area contributed by atoms with E-state index < -0.39 is 12.0 Å². The molecule has 2 aromatic heterocycles. The molecule has 0 fully saturated rings. The largest absolute Gasteiger partial charge is 0.467 e. The van der Waals surface area contributed by atoms with E-state index in [4.69, 9.17) is 4.74 Å². The Morgan fingerprint density at radius 3 is 2.62 bits per heavy atom. The van der Waals surface area contributed by atoms with Gasteiger partial charge in [0, 0.05) is 12.7 Å². The van der Waals surface area contributed by atoms with E-state index in [9.17, 15) is 9.59 Å². The first-order chi connectivity index (χ1) is 9.95. The number of rotatable bonds is 4. The lowest BCUT2D eigenvalue weighted by molar-refractivity contribution is -0.143. The molecule has 2 heterocycles. The highest BCUT2D eigenvalue weighted by Crippen LogP contribution is 2.20. The van der Waals surface area contributed by atoms with E-state index in [2.05, 4.69) is 10.4 Å². The maximum absolute atomic E-state index is 12.5. The SMILES string of the molecule is COC(=O)[C@@H](NC(=O)c1c(C)nn(C)c1C)c1ccsc1. The fraction of sp³-hybridized carbons (Fsp3) is 0.357. The van der Waals surface area contributed by atoms with Gasteiger partial charge < -0.3 is 10.1 Å². The molecule has 2 aromatic rings. The standard InChI is InChI=1S/C14H17N3O3S/c1-8-11(9(2)17(3)16-8)13(18)15-12(14(19)20-4)10-5-6-21-7-10/h5-7,12H,1-4H3,(H,15,18)/t12-/m0/s1. The van der Waals surface area contributed by atoms with Crippen LogP contribution in [0, 0.1) is 13.8 Å². The normalized spacial score (nSPS) is 12.0. The van der Waals surface area contributed by atoms with Gasteiger partial charge in [-0.25, -0.2) is 4.79 Å². The molecule has 0 saturated heterocycles. The molecule has 6 nitrogen and oxygen atoms in total. The number of amides is 1. The molecule has 0 unspecified atom stereocenters. The Labute approximate surface area is 126 Å². The number of hydrogen-bond donors (Lipinski definition) is 1. The average molecular weight is 307 g/mol. The Bertz CT molecular complexity index is 661. The molecule has 0 aliphatic carbocycles. The Balaban J connectivity index is 2.29. The number of esters is 1. The zero-order valence-corrected chi connectivity index (χ0v) is 13.2. The van der Waals surface area contributed by atoms with E-state index in [-0.39, 0.29) is 5.91 Å². The van der Waals surface area contributed by atoms with Gasteiger partial charge in [-0.3, -0.25) is 9.48 Å². The Kier molecular flexibility index (Phi) is 4.42. The minimum atomic E-state index is -0.812. The van der Waals surface area contributed by atoms with E-state index in [0.29, 0.717) is 16.8 Å². The van der Waals surface area contributed by atoms with Crippen LogP contribution in [0.3, 0.4) is 0 Å². The topological polar surface area (TPSA) is 73.2 Å². The lowest BCUT2D eigenvalue weighted by Crippen LogP contribution is -2.34. The lowest BCUT2D eigenvalue weighted by Gasteiger charge is -2.15. The molecule has 0 aromatic carbocycles. The fourth-order valence-electron chi connectivity index (χ4n) is 2.14. The third kappa shape index (κ3) is 2.97. The molecule has 0 radical (unpaired) electrons. The van der Waals surface area contributed by atoms with Crippen molar-refractivity contribution >= 4 is 23.2 Å². The molecule has 112 valence electrons. The summed E-state index contributed by atoms with van der Waals surface area (Å²) in [5, 5.41) is 10.6. The van der Waals surface area contributed by atoms with E-state index in [1.54, 1.807) is 24.7 Å².